The zero-order valence-corrected chi connectivity index (χ0v) is 9.29. The molecule has 1 N–H and O–H groups in total. The minimum absolute atomic E-state index is 0.204. The fourth-order valence-corrected chi connectivity index (χ4v) is 2.96. The van der Waals surface area contributed by atoms with Gasteiger partial charge in [0.2, 0.25) is 0 Å². The van der Waals surface area contributed by atoms with Crippen molar-refractivity contribution in [2.45, 2.75) is 26.7 Å². The van der Waals surface area contributed by atoms with Crippen molar-refractivity contribution < 1.29 is 9.90 Å². The molecule has 0 aliphatic rings. The van der Waals surface area contributed by atoms with E-state index in [1.165, 1.54) is 11.3 Å². The maximum Gasteiger partial charge on any atom is 0.338 e. The van der Waals surface area contributed by atoms with E-state index in [9.17, 15) is 4.79 Å². The summed E-state index contributed by atoms with van der Waals surface area (Å²) in [6.07, 6.45) is 0. The fourth-order valence-electron chi connectivity index (χ4n) is 1.42. The van der Waals surface area contributed by atoms with Gasteiger partial charge in [-0.15, -0.1) is 11.3 Å². The number of rotatable bonds is 2. The van der Waals surface area contributed by atoms with Crippen molar-refractivity contribution in [3.8, 4) is 0 Å². The highest BCUT2D eigenvalue weighted by Crippen LogP contribution is 2.36. The van der Waals surface area contributed by atoms with Gasteiger partial charge in [-0.1, -0.05) is 25.4 Å². The molecule has 13 heavy (non-hydrogen) atoms. The Kier molecular flexibility index (Phi) is 2.98. The lowest BCUT2D eigenvalue weighted by atomic mass is 10.00. The molecule has 72 valence electrons. The van der Waals surface area contributed by atoms with Crippen LogP contribution in [-0.2, 0) is 0 Å². The van der Waals surface area contributed by atoms with Gasteiger partial charge in [-0.3, -0.25) is 0 Å². The largest absolute Gasteiger partial charge is 0.478 e. The summed E-state index contributed by atoms with van der Waals surface area (Å²) < 4.78 is 0.383. The topological polar surface area (TPSA) is 37.3 Å². The van der Waals surface area contributed by atoms with Gasteiger partial charge in [0, 0.05) is 4.88 Å². The molecule has 2 nitrogen and oxygen atoms in total. The van der Waals surface area contributed by atoms with Crippen LogP contribution in [0.3, 0.4) is 0 Å². The highest BCUT2D eigenvalue weighted by molar-refractivity contribution is 7.16. The Hall–Kier alpha value is -0.540. The van der Waals surface area contributed by atoms with E-state index in [1.54, 1.807) is 0 Å². The molecule has 0 bridgehead atoms. The molecule has 0 unspecified atom stereocenters. The molecule has 0 aromatic carbocycles. The van der Waals surface area contributed by atoms with E-state index < -0.39 is 5.97 Å². The Morgan fingerprint density at radius 1 is 1.54 bits per heavy atom. The minimum Gasteiger partial charge on any atom is -0.478 e. The molecule has 0 spiro atoms. The first-order valence-electron chi connectivity index (χ1n) is 3.97. The summed E-state index contributed by atoms with van der Waals surface area (Å²) in [5.41, 5.74) is 1.14. The zero-order chi connectivity index (χ0) is 10.2. The summed E-state index contributed by atoms with van der Waals surface area (Å²) in [6, 6.07) is 0. The quantitative estimate of drug-likeness (QED) is 0.825. The molecular formula is C9H11ClO2S. The number of thiophene rings is 1. The Labute approximate surface area is 86.2 Å². The fraction of sp³-hybridized carbons (Fsp3) is 0.444. The van der Waals surface area contributed by atoms with Crippen molar-refractivity contribution >= 4 is 28.9 Å². The van der Waals surface area contributed by atoms with Crippen LogP contribution in [0, 0.1) is 6.92 Å². The van der Waals surface area contributed by atoms with E-state index in [0.29, 0.717) is 4.34 Å². The molecule has 0 amide bonds. The molecule has 0 atom stereocenters. The summed E-state index contributed by atoms with van der Waals surface area (Å²) in [7, 11) is 0. The first-order chi connectivity index (χ1) is 5.95. The normalized spacial score (nSPS) is 10.8. The van der Waals surface area contributed by atoms with Gasteiger partial charge in [-0.25, -0.2) is 4.79 Å². The molecule has 0 radical (unpaired) electrons. The second-order valence-electron chi connectivity index (χ2n) is 3.18. The average molecular weight is 219 g/mol. The second kappa shape index (κ2) is 3.68. The SMILES string of the molecule is Cc1sc(Cl)c(C(=O)O)c1C(C)C. The third-order valence-corrected chi connectivity index (χ3v) is 3.21. The van der Waals surface area contributed by atoms with Crippen molar-refractivity contribution in [2.24, 2.45) is 0 Å². The van der Waals surface area contributed by atoms with Crippen LogP contribution < -0.4 is 0 Å². The van der Waals surface area contributed by atoms with Crippen LogP contribution in [0.15, 0.2) is 0 Å². The van der Waals surface area contributed by atoms with Gasteiger partial charge in [-0.05, 0) is 18.4 Å². The van der Waals surface area contributed by atoms with Crippen molar-refractivity contribution in [2.75, 3.05) is 0 Å². The van der Waals surface area contributed by atoms with Gasteiger partial charge >= 0.3 is 5.97 Å². The molecule has 0 aliphatic carbocycles. The molecule has 1 aromatic heterocycles. The van der Waals surface area contributed by atoms with Crippen LogP contribution in [0.25, 0.3) is 0 Å². The van der Waals surface area contributed by atoms with Crippen LogP contribution in [0.4, 0.5) is 0 Å². The average Bonchev–Trinajstić information content (AvgIpc) is 2.24. The van der Waals surface area contributed by atoms with Crippen LogP contribution in [0.5, 0.6) is 0 Å². The van der Waals surface area contributed by atoms with Crippen LogP contribution in [-0.4, -0.2) is 11.1 Å². The summed E-state index contributed by atoms with van der Waals surface area (Å²) in [4.78, 5) is 11.9. The lowest BCUT2D eigenvalue weighted by Crippen LogP contribution is -2.02. The predicted octanol–water partition coefficient (Wildman–Crippen LogP) is 3.53. The van der Waals surface area contributed by atoms with E-state index in [4.69, 9.17) is 16.7 Å². The van der Waals surface area contributed by atoms with Crippen molar-refractivity contribution in [3.63, 3.8) is 0 Å². The van der Waals surface area contributed by atoms with E-state index in [-0.39, 0.29) is 11.5 Å². The van der Waals surface area contributed by atoms with Gasteiger partial charge in [-0.2, -0.15) is 0 Å². The number of hydrogen-bond acceptors (Lipinski definition) is 2. The monoisotopic (exact) mass is 218 g/mol. The van der Waals surface area contributed by atoms with Crippen molar-refractivity contribution in [3.05, 3.63) is 20.3 Å². The standard InChI is InChI=1S/C9H11ClO2S/c1-4(2)6-5(3)13-8(10)7(6)9(11)12/h4H,1-3H3,(H,11,12). The molecule has 0 fully saturated rings. The number of aryl methyl sites for hydroxylation is 1. The van der Waals surface area contributed by atoms with Gasteiger partial charge < -0.3 is 5.11 Å². The summed E-state index contributed by atoms with van der Waals surface area (Å²) in [6.45, 7) is 5.84. The number of carboxylic acid groups (broad SMARTS) is 1. The van der Waals surface area contributed by atoms with Crippen LogP contribution >= 0.6 is 22.9 Å². The van der Waals surface area contributed by atoms with E-state index >= 15 is 0 Å². The number of carbonyl (C=O) groups is 1. The molecule has 1 rings (SSSR count). The number of carboxylic acids is 1. The Bertz CT molecular complexity index is 342. The summed E-state index contributed by atoms with van der Waals surface area (Å²) in [5.74, 6) is -0.729. The lowest BCUT2D eigenvalue weighted by Gasteiger charge is -2.05. The third-order valence-electron chi connectivity index (χ3n) is 1.88. The Balaban J connectivity index is 3.38. The third kappa shape index (κ3) is 1.86. The molecule has 0 saturated heterocycles. The number of hydrogen-bond donors (Lipinski definition) is 1. The molecule has 0 aliphatic heterocycles. The van der Waals surface area contributed by atoms with Gasteiger partial charge in [0.05, 0.1) is 5.56 Å². The zero-order valence-electron chi connectivity index (χ0n) is 7.72. The highest BCUT2D eigenvalue weighted by Gasteiger charge is 2.21. The van der Waals surface area contributed by atoms with E-state index in [1.807, 2.05) is 20.8 Å². The van der Waals surface area contributed by atoms with Gasteiger partial charge in [0.1, 0.15) is 4.34 Å². The maximum atomic E-state index is 10.9. The molecule has 4 heteroatoms. The Morgan fingerprint density at radius 2 is 2.08 bits per heavy atom. The second-order valence-corrected chi connectivity index (χ2v) is 5.01. The van der Waals surface area contributed by atoms with Gasteiger partial charge in [0.15, 0.2) is 0 Å². The first kappa shape index (κ1) is 10.5. The van der Waals surface area contributed by atoms with Gasteiger partial charge in [0.25, 0.3) is 0 Å². The molecular weight excluding hydrogens is 208 g/mol. The summed E-state index contributed by atoms with van der Waals surface area (Å²) >= 11 is 7.16. The Morgan fingerprint density at radius 3 is 2.38 bits per heavy atom. The van der Waals surface area contributed by atoms with E-state index in [2.05, 4.69) is 0 Å². The molecule has 0 saturated carbocycles. The summed E-state index contributed by atoms with van der Waals surface area (Å²) in [5, 5.41) is 8.93. The maximum absolute atomic E-state index is 10.9. The van der Waals surface area contributed by atoms with Crippen molar-refractivity contribution in [1.82, 2.24) is 0 Å². The van der Waals surface area contributed by atoms with Crippen molar-refractivity contribution in [1.29, 1.82) is 0 Å². The molecule has 1 heterocycles. The number of aromatic carboxylic acids is 1. The smallest absolute Gasteiger partial charge is 0.338 e. The lowest BCUT2D eigenvalue weighted by molar-refractivity contribution is 0.0696. The van der Waals surface area contributed by atoms with Crippen LogP contribution in [0.1, 0.15) is 40.6 Å². The highest BCUT2D eigenvalue weighted by atomic mass is 35.5. The van der Waals surface area contributed by atoms with Crippen LogP contribution in [0.2, 0.25) is 4.34 Å². The number of halogens is 1. The minimum atomic E-state index is -0.932. The predicted molar refractivity (Wildman–Crippen MR) is 55.1 cm³/mol. The molecule has 1 aromatic rings. The first-order valence-corrected chi connectivity index (χ1v) is 5.16. The van der Waals surface area contributed by atoms with E-state index in [0.717, 1.165) is 10.4 Å².